The molecule has 7 heteroatoms. The van der Waals surface area contributed by atoms with Gasteiger partial charge in [0.2, 0.25) is 0 Å². The lowest BCUT2D eigenvalue weighted by Gasteiger charge is -2.15. The quantitative estimate of drug-likeness (QED) is 0.281. The Hall–Kier alpha value is -2.47. The van der Waals surface area contributed by atoms with Crippen LogP contribution in [0.3, 0.4) is 0 Å². The first-order chi connectivity index (χ1) is 12.0. The van der Waals surface area contributed by atoms with Crippen LogP contribution in [0.1, 0.15) is 12.5 Å². The molecule has 0 radical (unpaired) electrons. The molecule has 0 fully saturated rings. The molecular formula is C18H17IN2O4. The zero-order valence-corrected chi connectivity index (χ0v) is 15.8. The Bertz CT molecular complexity index is 785. The lowest BCUT2D eigenvalue weighted by atomic mass is 10.2. The maximum Gasteiger partial charge on any atom is 0.269 e. The van der Waals surface area contributed by atoms with E-state index in [4.69, 9.17) is 15.9 Å². The standard InChI is InChI=1S/C18H17IN2O4/c1-3-9-25-18-16(19)10-13(11-17(18)24-4-2)12-20-14-5-7-15(8-6-14)21(22)23/h1,5-8,10-11,20H,4,9,12H2,2H3. The minimum atomic E-state index is -0.421. The van der Waals surface area contributed by atoms with Crippen molar-refractivity contribution in [2.75, 3.05) is 18.5 Å². The number of halogens is 1. The predicted molar refractivity (Wildman–Crippen MR) is 105 cm³/mol. The predicted octanol–water partition coefficient (Wildman–Crippen LogP) is 4.22. The molecule has 0 aliphatic carbocycles. The van der Waals surface area contributed by atoms with E-state index in [9.17, 15) is 10.1 Å². The maximum absolute atomic E-state index is 10.7. The third-order valence-corrected chi connectivity index (χ3v) is 4.05. The van der Waals surface area contributed by atoms with Crippen molar-refractivity contribution in [1.82, 2.24) is 0 Å². The summed E-state index contributed by atoms with van der Waals surface area (Å²) < 4.78 is 12.1. The van der Waals surface area contributed by atoms with E-state index >= 15 is 0 Å². The third-order valence-electron chi connectivity index (χ3n) is 3.24. The van der Waals surface area contributed by atoms with Crippen LogP contribution in [0, 0.1) is 26.0 Å². The summed E-state index contributed by atoms with van der Waals surface area (Å²) in [6, 6.07) is 10.2. The Morgan fingerprint density at radius 2 is 2.00 bits per heavy atom. The summed E-state index contributed by atoms with van der Waals surface area (Å²) in [6.45, 7) is 3.14. The fourth-order valence-corrected chi connectivity index (χ4v) is 2.97. The third kappa shape index (κ3) is 5.26. The van der Waals surface area contributed by atoms with Crippen molar-refractivity contribution >= 4 is 34.0 Å². The number of nitro groups is 1. The zero-order valence-electron chi connectivity index (χ0n) is 13.6. The Morgan fingerprint density at radius 3 is 2.60 bits per heavy atom. The molecule has 0 atom stereocenters. The summed E-state index contributed by atoms with van der Waals surface area (Å²) in [6.07, 6.45) is 5.25. The molecule has 0 aliphatic heterocycles. The fraction of sp³-hybridized carbons (Fsp3) is 0.222. The molecule has 0 aromatic heterocycles. The first-order valence-corrected chi connectivity index (χ1v) is 8.62. The van der Waals surface area contributed by atoms with Crippen LogP contribution in [0.15, 0.2) is 36.4 Å². The fourth-order valence-electron chi connectivity index (χ4n) is 2.15. The van der Waals surface area contributed by atoms with Gasteiger partial charge in [0.05, 0.1) is 15.1 Å². The first kappa shape index (κ1) is 18.9. The highest BCUT2D eigenvalue weighted by Crippen LogP contribution is 2.34. The molecule has 0 amide bonds. The van der Waals surface area contributed by atoms with Crippen molar-refractivity contribution in [3.8, 4) is 23.8 Å². The Morgan fingerprint density at radius 1 is 1.28 bits per heavy atom. The van der Waals surface area contributed by atoms with Gasteiger partial charge in [0.15, 0.2) is 11.5 Å². The van der Waals surface area contributed by atoms with Gasteiger partial charge in [-0.15, -0.1) is 6.42 Å². The number of non-ortho nitro benzene ring substituents is 1. The van der Waals surface area contributed by atoms with Gasteiger partial charge in [0.25, 0.3) is 5.69 Å². The van der Waals surface area contributed by atoms with E-state index in [2.05, 4.69) is 33.8 Å². The van der Waals surface area contributed by atoms with Crippen molar-refractivity contribution < 1.29 is 14.4 Å². The lowest BCUT2D eigenvalue weighted by Crippen LogP contribution is -2.05. The number of anilines is 1. The van der Waals surface area contributed by atoms with E-state index in [0.29, 0.717) is 24.7 Å². The van der Waals surface area contributed by atoms with Gasteiger partial charge in [0, 0.05) is 24.4 Å². The maximum atomic E-state index is 10.7. The molecule has 0 bridgehead atoms. The first-order valence-electron chi connectivity index (χ1n) is 7.55. The molecule has 2 aromatic carbocycles. The van der Waals surface area contributed by atoms with Gasteiger partial charge in [-0.25, -0.2) is 0 Å². The van der Waals surface area contributed by atoms with Gasteiger partial charge in [-0.3, -0.25) is 10.1 Å². The van der Waals surface area contributed by atoms with Crippen LogP contribution in [-0.4, -0.2) is 18.1 Å². The summed E-state index contributed by atoms with van der Waals surface area (Å²) in [7, 11) is 0. The molecule has 0 unspecified atom stereocenters. The van der Waals surface area contributed by atoms with E-state index in [1.807, 2.05) is 19.1 Å². The summed E-state index contributed by atoms with van der Waals surface area (Å²) in [5.74, 6) is 3.73. The number of nitrogens with zero attached hydrogens (tertiary/aromatic N) is 1. The average Bonchev–Trinajstić information content (AvgIpc) is 2.60. The van der Waals surface area contributed by atoms with Crippen molar-refractivity contribution in [2.24, 2.45) is 0 Å². The van der Waals surface area contributed by atoms with E-state index in [1.54, 1.807) is 12.1 Å². The molecule has 2 rings (SSSR count). The highest BCUT2D eigenvalue weighted by molar-refractivity contribution is 14.1. The number of benzene rings is 2. The smallest absolute Gasteiger partial charge is 0.269 e. The van der Waals surface area contributed by atoms with Gasteiger partial charge in [-0.1, -0.05) is 5.92 Å². The molecule has 0 heterocycles. The summed E-state index contributed by atoms with van der Waals surface area (Å²) >= 11 is 2.18. The molecule has 0 saturated carbocycles. The molecule has 130 valence electrons. The summed E-state index contributed by atoms with van der Waals surface area (Å²) in [5, 5.41) is 13.9. The second-order valence-corrected chi connectivity index (χ2v) is 6.15. The second kappa shape index (κ2) is 9.13. The number of nitro benzene ring substituents is 1. The molecule has 25 heavy (non-hydrogen) atoms. The number of rotatable bonds is 8. The van der Waals surface area contributed by atoms with Crippen LogP contribution in [0.25, 0.3) is 0 Å². The zero-order chi connectivity index (χ0) is 18.2. The molecule has 1 N–H and O–H groups in total. The monoisotopic (exact) mass is 452 g/mol. The molecular weight excluding hydrogens is 435 g/mol. The Labute approximate surface area is 159 Å². The molecule has 6 nitrogen and oxygen atoms in total. The average molecular weight is 452 g/mol. The van der Waals surface area contributed by atoms with Crippen molar-refractivity contribution in [3.05, 3.63) is 55.6 Å². The van der Waals surface area contributed by atoms with E-state index in [0.717, 1.165) is 14.8 Å². The largest absolute Gasteiger partial charge is 0.490 e. The summed E-state index contributed by atoms with van der Waals surface area (Å²) in [4.78, 5) is 10.3. The molecule has 0 spiro atoms. The van der Waals surface area contributed by atoms with Crippen molar-refractivity contribution in [2.45, 2.75) is 13.5 Å². The van der Waals surface area contributed by atoms with Gasteiger partial charge in [-0.2, -0.15) is 0 Å². The van der Waals surface area contributed by atoms with Gasteiger partial charge >= 0.3 is 0 Å². The Balaban J connectivity index is 2.13. The minimum Gasteiger partial charge on any atom is -0.490 e. The van der Waals surface area contributed by atoms with Crippen LogP contribution in [-0.2, 0) is 6.54 Å². The minimum absolute atomic E-state index is 0.0637. The van der Waals surface area contributed by atoms with Gasteiger partial charge < -0.3 is 14.8 Å². The topological polar surface area (TPSA) is 73.6 Å². The number of hydrogen-bond acceptors (Lipinski definition) is 5. The Kier molecular flexibility index (Phi) is 6.89. The van der Waals surface area contributed by atoms with Crippen LogP contribution in [0.2, 0.25) is 0 Å². The van der Waals surface area contributed by atoms with Gasteiger partial charge in [-0.05, 0) is 59.3 Å². The summed E-state index contributed by atoms with van der Waals surface area (Å²) in [5.41, 5.74) is 1.86. The lowest BCUT2D eigenvalue weighted by molar-refractivity contribution is -0.384. The number of ether oxygens (including phenoxy) is 2. The molecule has 0 saturated heterocycles. The number of terminal acetylenes is 1. The van der Waals surface area contributed by atoms with E-state index < -0.39 is 4.92 Å². The van der Waals surface area contributed by atoms with E-state index in [1.165, 1.54) is 12.1 Å². The number of nitrogens with one attached hydrogen (secondary N) is 1. The van der Waals surface area contributed by atoms with Crippen LogP contribution >= 0.6 is 22.6 Å². The van der Waals surface area contributed by atoms with Crippen molar-refractivity contribution in [1.29, 1.82) is 0 Å². The second-order valence-electron chi connectivity index (χ2n) is 4.99. The van der Waals surface area contributed by atoms with Gasteiger partial charge in [0.1, 0.15) is 6.61 Å². The normalized spacial score (nSPS) is 9.96. The highest BCUT2D eigenvalue weighted by atomic mass is 127. The van der Waals surface area contributed by atoms with E-state index in [-0.39, 0.29) is 12.3 Å². The number of hydrogen-bond donors (Lipinski definition) is 1. The molecule has 2 aromatic rings. The SMILES string of the molecule is C#CCOc1c(I)cc(CNc2ccc([N+](=O)[O-])cc2)cc1OCC. The van der Waals surface area contributed by atoms with Crippen LogP contribution in [0.5, 0.6) is 11.5 Å². The highest BCUT2D eigenvalue weighted by Gasteiger charge is 2.12. The van der Waals surface area contributed by atoms with Crippen LogP contribution in [0.4, 0.5) is 11.4 Å². The van der Waals surface area contributed by atoms with Crippen molar-refractivity contribution in [3.63, 3.8) is 0 Å². The molecule has 0 aliphatic rings. The van der Waals surface area contributed by atoms with Crippen LogP contribution < -0.4 is 14.8 Å².